The predicted octanol–water partition coefficient (Wildman–Crippen LogP) is 4.84. The van der Waals surface area contributed by atoms with Crippen molar-refractivity contribution in [2.75, 3.05) is 5.32 Å². The van der Waals surface area contributed by atoms with Crippen LogP contribution in [0.1, 0.15) is 21.7 Å². The van der Waals surface area contributed by atoms with Gasteiger partial charge in [-0.3, -0.25) is 10.1 Å². The lowest BCUT2D eigenvalue weighted by atomic mass is 10.2. The summed E-state index contributed by atoms with van der Waals surface area (Å²) in [5, 5.41) is 5.30. The summed E-state index contributed by atoms with van der Waals surface area (Å²) in [5.41, 5.74) is 4.07. The molecule has 0 aliphatic rings. The summed E-state index contributed by atoms with van der Waals surface area (Å²) in [7, 11) is 0. The van der Waals surface area contributed by atoms with Crippen LogP contribution in [0.4, 0.5) is 5.13 Å². The van der Waals surface area contributed by atoms with Crippen LogP contribution in [0, 0.1) is 13.8 Å². The maximum atomic E-state index is 12.3. The van der Waals surface area contributed by atoms with Crippen molar-refractivity contribution in [2.45, 2.75) is 13.8 Å². The number of halogens is 1. The number of carbonyl (C=O) groups excluding carboxylic acids is 1. The Morgan fingerprint density at radius 2 is 2.00 bits per heavy atom. The number of pyridine rings is 1. The molecule has 3 aromatic rings. The molecule has 0 aliphatic carbocycles. The molecule has 2 heterocycles. The van der Waals surface area contributed by atoms with E-state index < -0.39 is 0 Å². The minimum atomic E-state index is -0.244. The van der Waals surface area contributed by atoms with Gasteiger partial charge in [0, 0.05) is 21.1 Å². The van der Waals surface area contributed by atoms with Gasteiger partial charge in [-0.1, -0.05) is 28.1 Å². The lowest BCUT2D eigenvalue weighted by Gasteiger charge is -2.03. The Morgan fingerprint density at radius 3 is 2.74 bits per heavy atom. The van der Waals surface area contributed by atoms with Gasteiger partial charge in [-0.15, -0.1) is 11.3 Å². The molecule has 1 amide bonds. The van der Waals surface area contributed by atoms with E-state index in [-0.39, 0.29) is 5.91 Å². The Labute approximate surface area is 146 Å². The number of hydrogen-bond donors (Lipinski definition) is 1. The molecule has 0 fully saturated rings. The van der Waals surface area contributed by atoms with E-state index in [4.69, 9.17) is 0 Å². The Bertz CT molecular complexity index is 856. The summed E-state index contributed by atoms with van der Waals surface area (Å²) in [6.45, 7) is 3.82. The number of benzene rings is 1. The van der Waals surface area contributed by atoms with Crippen LogP contribution >= 0.6 is 27.3 Å². The number of anilines is 1. The van der Waals surface area contributed by atoms with Gasteiger partial charge in [-0.2, -0.15) is 0 Å². The van der Waals surface area contributed by atoms with Crippen LogP contribution in [0.5, 0.6) is 0 Å². The Balaban J connectivity index is 1.80. The second-order valence-electron chi connectivity index (χ2n) is 5.17. The zero-order valence-electron chi connectivity index (χ0n) is 12.6. The van der Waals surface area contributed by atoms with Crippen molar-refractivity contribution in [1.82, 2.24) is 9.97 Å². The third-order valence-corrected chi connectivity index (χ3v) is 4.43. The van der Waals surface area contributed by atoms with E-state index in [1.807, 2.05) is 49.6 Å². The van der Waals surface area contributed by atoms with Gasteiger partial charge < -0.3 is 0 Å². The molecular weight excluding hydrogens is 374 g/mol. The Morgan fingerprint density at radius 1 is 1.17 bits per heavy atom. The van der Waals surface area contributed by atoms with Crippen molar-refractivity contribution < 1.29 is 4.79 Å². The normalized spacial score (nSPS) is 10.6. The van der Waals surface area contributed by atoms with Gasteiger partial charge >= 0.3 is 0 Å². The van der Waals surface area contributed by atoms with Gasteiger partial charge in [0.1, 0.15) is 5.69 Å². The Kier molecular flexibility index (Phi) is 4.54. The van der Waals surface area contributed by atoms with E-state index in [0.717, 1.165) is 27.0 Å². The molecule has 2 aromatic heterocycles. The maximum absolute atomic E-state index is 12.3. The van der Waals surface area contributed by atoms with Crippen LogP contribution in [-0.2, 0) is 0 Å². The first-order valence-electron chi connectivity index (χ1n) is 6.99. The van der Waals surface area contributed by atoms with Crippen molar-refractivity contribution in [3.05, 3.63) is 63.2 Å². The average molecular weight is 388 g/mol. The lowest BCUT2D eigenvalue weighted by molar-refractivity contribution is 0.102. The maximum Gasteiger partial charge on any atom is 0.276 e. The number of aryl methyl sites for hydroxylation is 2. The SMILES string of the molecule is Cc1cc(C)nc(C(=O)Nc2nc(-c3cccc(Br)c3)cs2)c1. The van der Waals surface area contributed by atoms with Crippen LogP contribution in [0.3, 0.4) is 0 Å². The zero-order valence-corrected chi connectivity index (χ0v) is 15.0. The first-order valence-corrected chi connectivity index (χ1v) is 8.66. The number of carbonyl (C=O) groups is 1. The summed E-state index contributed by atoms with van der Waals surface area (Å²) in [5.74, 6) is -0.244. The van der Waals surface area contributed by atoms with E-state index in [2.05, 4.69) is 31.2 Å². The monoisotopic (exact) mass is 387 g/mol. The van der Waals surface area contributed by atoms with Gasteiger partial charge in [-0.25, -0.2) is 9.97 Å². The molecule has 3 rings (SSSR count). The highest BCUT2D eigenvalue weighted by molar-refractivity contribution is 9.10. The molecule has 0 radical (unpaired) electrons. The predicted molar refractivity (Wildman–Crippen MR) is 96.9 cm³/mol. The minimum Gasteiger partial charge on any atom is -0.296 e. The summed E-state index contributed by atoms with van der Waals surface area (Å²) >= 11 is 4.84. The summed E-state index contributed by atoms with van der Waals surface area (Å²) in [6, 6.07) is 11.6. The molecule has 0 aliphatic heterocycles. The standard InChI is InChI=1S/C17H14BrN3OS/c1-10-6-11(2)19-14(7-10)16(22)21-17-20-15(9-23-17)12-4-3-5-13(18)8-12/h3-9H,1-2H3,(H,20,21,22). The third-order valence-electron chi connectivity index (χ3n) is 3.18. The molecule has 4 nitrogen and oxygen atoms in total. The largest absolute Gasteiger partial charge is 0.296 e. The quantitative estimate of drug-likeness (QED) is 0.699. The van der Waals surface area contributed by atoms with Crippen LogP contribution in [0.2, 0.25) is 0 Å². The van der Waals surface area contributed by atoms with Crippen LogP contribution in [0.25, 0.3) is 11.3 Å². The molecule has 6 heteroatoms. The second-order valence-corrected chi connectivity index (χ2v) is 6.95. The van der Waals surface area contributed by atoms with Crippen molar-refractivity contribution in [3.8, 4) is 11.3 Å². The van der Waals surface area contributed by atoms with Crippen molar-refractivity contribution in [3.63, 3.8) is 0 Å². The first-order chi connectivity index (χ1) is 11.0. The van der Waals surface area contributed by atoms with Crippen molar-refractivity contribution >= 4 is 38.3 Å². The molecule has 1 N–H and O–H groups in total. The molecule has 0 bridgehead atoms. The fourth-order valence-corrected chi connectivity index (χ4v) is 3.34. The number of amides is 1. The molecule has 116 valence electrons. The second kappa shape index (κ2) is 6.60. The van der Waals surface area contributed by atoms with Gasteiger partial charge in [0.2, 0.25) is 0 Å². The van der Waals surface area contributed by atoms with Crippen LogP contribution in [0.15, 0.2) is 46.3 Å². The minimum absolute atomic E-state index is 0.244. The fraction of sp³-hybridized carbons (Fsp3) is 0.118. The average Bonchev–Trinajstić information content (AvgIpc) is 2.95. The van der Waals surface area contributed by atoms with Crippen LogP contribution < -0.4 is 5.32 Å². The first kappa shape index (κ1) is 15.8. The molecule has 0 saturated heterocycles. The number of rotatable bonds is 3. The topological polar surface area (TPSA) is 54.9 Å². The number of thiazole rings is 1. The van der Waals surface area contributed by atoms with Crippen molar-refractivity contribution in [1.29, 1.82) is 0 Å². The number of nitrogens with one attached hydrogen (secondary N) is 1. The van der Waals surface area contributed by atoms with Gasteiger partial charge in [0.25, 0.3) is 5.91 Å². The van der Waals surface area contributed by atoms with E-state index in [1.54, 1.807) is 6.07 Å². The molecule has 0 spiro atoms. The summed E-state index contributed by atoms with van der Waals surface area (Å²) in [6.07, 6.45) is 0. The van der Waals surface area contributed by atoms with E-state index in [0.29, 0.717) is 10.8 Å². The number of hydrogen-bond acceptors (Lipinski definition) is 4. The molecule has 0 saturated carbocycles. The molecule has 0 atom stereocenters. The highest BCUT2D eigenvalue weighted by atomic mass is 79.9. The summed E-state index contributed by atoms with van der Waals surface area (Å²) in [4.78, 5) is 21.0. The Hall–Kier alpha value is -2.05. The van der Waals surface area contributed by atoms with Gasteiger partial charge in [-0.05, 0) is 43.7 Å². The fourth-order valence-electron chi connectivity index (χ4n) is 2.23. The number of aromatic nitrogens is 2. The lowest BCUT2D eigenvalue weighted by Crippen LogP contribution is -2.14. The van der Waals surface area contributed by atoms with E-state index in [9.17, 15) is 4.79 Å². The highest BCUT2D eigenvalue weighted by Crippen LogP contribution is 2.27. The van der Waals surface area contributed by atoms with E-state index >= 15 is 0 Å². The summed E-state index contributed by atoms with van der Waals surface area (Å²) < 4.78 is 0.994. The van der Waals surface area contributed by atoms with Gasteiger partial charge in [0.05, 0.1) is 5.69 Å². The molecular formula is C17H14BrN3OS. The molecule has 1 aromatic carbocycles. The molecule has 23 heavy (non-hydrogen) atoms. The third kappa shape index (κ3) is 3.83. The smallest absolute Gasteiger partial charge is 0.276 e. The van der Waals surface area contributed by atoms with Crippen LogP contribution in [-0.4, -0.2) is 15.9 Å². The number of nitrogens with zero attached hydrogens (tertiary/aromatic N) is 2. The van der Waals surface area contributed by atoms with E-state index in [1.165, 1.54) is 11.3 Å². The highest BCUT2D eigenvalue weighted by Gasteiger charge is 2.12. The van der Waals surface area contributed by atoms with Crippen molar-refractivity contribution in [2.24, 2.45) is 0 Å². The van der Waals surface area contributed by atoms with Gasteiger partial charge in [0.15, 0.2) is 5.13 Å². The molecule has 0 unspecified atom stereocenters. The zero-order chi connectivity index (χ0) is 16.4.